The highest BCUT2D eigenvalue weighted by atomic mass is 16.5. The summed E-state index contributed by atoms with van der Waals surface area (Å²) in [5, 5.41) is 21.1. The monoisotopic (exact) mass is 291 g/mol. The number of hydrogen-bond donors (Lipinski definition) is 0. The van der Waals surface area contributed by atoms with Crippen molar-refractivity contribution in [3.8, 4) is 22.6 Å². The fourth-order valence-electron chi connectivity index (χ4n) is 2.43. The molecule has 0 bridgehead atoms. The summed E-state index contributed by atoms with van der Waals surface area (Å²) in [4.78, 5) is 0. The summed E-state index contributed by atoms with van der Waals surface area (Å²) in [7, 11) is 0. The molecule has 4 nitrogen and oxygen atoms in total. The Bertz CT molecular complexity index is 783. The second-order valence-corrected chi connectivity index (χ2v) is 5.20. The molecule has 3 rings (SSSR count). The third-order valence-corrected chi connectivity index (χ3v) is 3.65. The van der Waals surface area contributed by atoms with E-state index in [0.717, 1.165) is 15.9 Å². The van der Waals surface area contributed by atoms with Crippen LogP contribution in [0.1, 0.15) is 18.2 Å². The van der Waals surface area contributed by atoms with Crippen LogP contribution in [0.2, 0.25) is 0 Å². The molecule has 1 aromatic heterocycles. The van der Waals surface area contributed by atoms with Crippen LogP contribution in [0.15, 0.2) is 54.6 Å². The normalized spacial score (nSPS) is 10.6. The molecule has 3 aromatic rings. The molecular weight excluding hydrogens is 274 g/mol. The Morgan fingerprint density at radius 1 is 0.909 bits per heavy atom. The minimum Gasteiger partial charge on any atom is -0.710 e. The maximum atomic E-state index is 12.7. The fourth-order valence-corrected chi connectivity index (χ4v) is 2.43. The van der Waals surface area contributed by atoms with Gasteiger partial charge in [0, 0.05) is 12.0 Å². The largest absolute Gasteiger partial charge is 0.710 e. The predicted octanol–water partition coefficient (Wildman–Crippen LogP) is 3.31. The van der Waals surface area contributed by atoms with Crippen LogP contribution >= 0.6 is 0 Å². The molecule has 0 atom stereocenters. The lowest BCUT2D eigenvalue weighted by Gasteiger charge is -2.13. The van der Waals surface area contributed by atoms with E-state index in [-0.39, 0.29) is 0 Å². The third kappa shape index (κ3) is 2.55. The van der Waals surface area contributed by atoms with Crippen molar-refractivity contribution in [1.82, 2.24) is 10.2 Å². The highest BCUT2D eigenvalue weighted by molar-refractivity contribution is 5.61. The summed E-state index contributed by atoms with van der Waals surface area (Å²) >= 11 is 0. The molecule has 0 aliphatic carbocycles. The van der Waals surface area contributed by atoms with Crippen molar-refractivity contribution in [3.63, 3.8) is 0 Å². The molecule has 22 heavy (non-hydrogen) atoms. The van der Waals surface area contributed by atoms with E-state index < -0.39 is 0 Å². The molecule has 110 valence electrons. The van der Waals surface area contributed by atoms with Gasteiger partial charge in [-0.2, -0.15) is 0 Å². The van der Waals surface area contributed by atoms with Gasteiger partial charge in [-0.15, -0.1) is 0 Å². The van der Waals surface area contributed by atoms with Crippen LogP contribution in [0.3, 0.4) is 0 Å². The zero-order valence-corrected chi connectivity index (χ0v) is 12.7. The third-order valence-electron chi connectivity index (χ3n) is 3.65. The van der Waals surface area contributed by atoms with Crippen LogP contribution in [-0.2, 0) is 6.42 Å². The maximum Gasteiger partial charge on any atom is 0.361 e. The average molecular weight is 291 g/mol. The van der Waals surface area contributed by atoms with Crippen molar-refractivity contribution in [2.45, 2.75) is 20.3 Å². The van der Waals surface area contributed by atoms with Crippen molar-refractivity contribution in [2.24, 2.45) is 0 Å². The molecule has 0 saturated heterocycles. The number of rotatable bonds is 3. The molecule has 0 aliphatic rings. The van der Waals surface area contributed by atoms with Gasteiger partial charge in [-0.1, -0.05) is 55.0 Å². The quantitative estimate of drug-likeness (QED) is 0.549. The van der Waals surface area contributed by atoms with Gasteiger partial charge in [-0.05, 0) is 24.2 Å². The van der Waals surface area contributed by atoms with Gasteiger partial charge in [0.2, 0.25) is 0 Å². The first-order valence-corrected chi connectivity index (χ1v) is 7.32. The van der Waals surface area contributed by atoms with E-state index >= 15 is 0 Å². The minimum atomic E-state index is 0.341. The Morgan fingerprint density at radius 3 is 2.23 bits per heavy atom. The number of hydrogen-bond acceptors (Lipinski definition) is 3. The molecule has 0 N–H and O–H groups in total. The van der Waals surface area contributed by atoms with Gasteiger partial charge in [-0.3, -0.25) is 0 Å². The van der Waals surface area contributed by atoms with Crippen molar-refractivity contribution in [3.05, 3.63) is 71.1 Å². The van der Waals surface area contributed by atoms with Gasteiger partial charge in [-0.25, -0.2) is 4.73 Å². The zero-order valence-electron chi connectivity index (χ0n) is 12.7. The first-order valence-electron chi connectivity index (χ1n) is 7.32. The number of benzene rings is 2. The standard InChI is InChI=1S/C18H17N3O/c1-3-16-17(14-11-9-13(2)10-12-14)19-20-18(21(16)22)15-7-5-4-6-8-15/h4-12H,3H2,1-2H3. The smallest absolute Gasteiger partial charge is 0.361 e. The van der Waals surface area contributed by atoms with E-state index in [2.05, 4.69) is 10.2 Å². The lowest BCUT2D eigenvalue weighted by molar-refractivity contribution is -0.605. The lowest BCUT2D eigenvalue weighted by Crippen LogP contribution is -2.37. The molecule has 0 saturated carbocycles. The highest BCUT2D eigenvalue weighted by Crippen LogP contribution is 2.21. The van der Waals surface area contributed by atoms with E-state index in [4.69, 9.17) is 0 Å². The van der Waals surface area contributed by atoms with E-state index in [9.17, 15) is 5.21 Å². The van der Waals surface area contributed by atoms with Crippen molar-refractivity contribution in [1.29, 1.82) is 0 Å². The van der Waals surface area contributed by atoms with E-state index in [1.807, 2.05) is 68.4 Å². The number of aromatic nitrogens is 3. The van der Waals surface area contributed by atoms with Gasteiger partial charge in [0.05, 0.1) is 10.7 Å². The molecule has 4 heteroatoms. The molecule has 0 unspecified atom stereocenters. The van der Waals surface area contributed by atoms with Crippen molar-refractivity contribution >= 4 is 0 Å². The van der Waals surface area contributed by atoms with Gasteiger partial charge < -0.3 is 5.21 Å². The van der Waals surface area contributed by atoms with Crippen LogP contribution < -0.4 is 4.73 Å². The van der Waals surface area contributed by atoms with Gasteiger partial charge in [0.25, 0.3) is 0 Å². The Kier molecular flexibility index (Phi) is 3.83. The lowest BCUT2D eigenvalue weighted by atomic mass is 10.1. The van der Waals surface area contributed by atoms with E-state index in [1.54, 1.807) is 0 Å². The number of nitrogens with zero attached hydrogens (tertiary/aromatic N) is 3. The van der Waals surface area contributed by atoms with E-state index in [0.29, 0.717) is 23.6 Å². The molecule has 0 fully saturated rings. The summed E-state index contributed by atoms with van der Waals surface area (Å²) in [6.45, 7) is 3.99. The number of aryl methyl sites for hydroxylation is 1. The molecular formula is C18H17N3O. The van der Waals surface area contributed by atoms with Gasteiger partial charge in [0.15, 0.2) is 5.69 Å². The van der Waals surface area contributed by atoms with E-state index in [1.165, 1.54) is 5.56 Å². The fraction of sp³-hybridized carbons (Fsp3) is 0.167. The van der Waals surface area contributed by atoms with Gasteiger partial charge >= 0.3 is 5.82 Å². The van der Waals surface area contributed by atoms with Crippen LogP contribution in [0.4, 0.5) is 0 Å². The van der Waals surface area contributed by atoms with Crippen LogP contribution in [0.25, 0.3) is 22.6 Å². The average Bonchev–Trinajstić information content (AvgIpc) is 2.56. The summed E-state index contributed by atoms with van der Waals surface area (Å²) in [6.07, 6.45) is 0.599. The van der Waals surface area contributed by atoms with Crippen LogP contribution in [-0.4, -0.2) is 10.2 Å². The van der Waals surface area contributed by atoms with Gasteiger partial charge in [0.1, 0.15) is 5.69 Å². The highest BCUT2D eigenvalue weighted by Gasteiger charge is 2.20. The Morgan fingerprint density at radius 2 is 1.59 bits per heavy atom. The minimum absolute atomic E-state index is 0.341. The maximum absolute atomic E-state index is 12.7. The summed E-state index contributed by atoms with van der Waals surface area (Å²) < 4.78 is 0.900. The molecule has 0 spiro atoms. The summed E-state index contributed by atoms with van der Waals surface area (Å²) in [5.41, 5.74) is 4.15. The second kappa shape index (κ2) is 5.93. The Balaban J connectivity index is 2.15. The zero-order chi connectivity index (χ0) is 15.5. The molecule has 0 radical (unpaired) electrons. The van der Waals surface area contributed by atoms with Crippen molar-refractivity contribution in [2.75, 3.05) is 0 Å². The molecule has 0 aliphatic heterocycles. The first-order chi connectivity index (χ1) is 10.7. The molecule has 0 amide bonds. The predicted molar refractivity (Wildman–Crippen MR) is 86.0 cm³/mol. The van der Waals surface area contributed by atoms with Crippen molar-refractivity contribution < 1.29 is 4.73 Å². The first kappa shape index (κ1) is 14.2. The summed E-state index contributed by atoms with van der Waals surface area (Å²) in [5.74, 6) is 0.341. The Labute approximate surface area is 129 Å². The van der Waals surface area contributed by atoms with Crippen LogP contribution in [0, 0.1) is 12.1 Å². The SMILES string of the molecule is CCc1c(-c2ccc(C)cc2)nnc(-c2ccccc2)[n+]1[O-]. The molecule has 2 aromatic carbocycles. The Hall–Kier alpha value is -2.75. The second-order valence-electron chi connectivity index (χ2n) is 5.20. The summed E-state index contributed by atoms with van der Waals surface area (Å²) in [6, 6.07) is 17.4. The molecule has 1 heterocycles. The topological polar surface area (TPSA) is 52.7 Å². The van der Waals surface area contributed by atoms with Crippen LogP contribution in [0.5, 0.6) is 0 Å².